The molecule has 1 aromatic heterocycles. The van der Waals surface area contributed by atoms with Gasteiger partial charge in [0.05, 0.1) is 13.2 Å². The van der Waals surface area contributed by atoms with Crippen molar-refractivity contribution in [1.82, 2.24) is 14.9 Å². The summed E-state index contributed by atoms with van der Waals surface area (Å²) in [5.41, 5.74) is 1.79. The van der Waals surface area contributed by atoms with Gasteiger partial charge in [-0.3, -0.25) is 4.90 Å². The second-order valence-electron chi connectivity index (χ2n) is 5.94. The van der Waals surface area contributed by atoms with E-state index in [0.717, 1.165) is 44.2 Å². The predicted octanol–water partition coefficient (Wildman–Crippen LogP) is 2.49. The van der Waals surface area contributed by atoms with E-state index in [1.54, 1.807) is 7.05 Å². The second-order valence-corrected chi connectivity index (χ2v) is 6.30. The van der Waals surface area contributed by atoms with Gasteiger partial charge in [-0.1, -0.05) is 23.7 Å². The smallest absolute Gasteiger partial charge is 0.157 e. The lowest BCUT2D eigenvalue weighted by molar-refractivity contribution is 0.0322. The third-order valence-electron chi connectivity index (χ3n) is 4.19. The summed E-state index contributed by atoms with van der Waals surface area (Å²) in [4.78, 5) is 10.6. The van der Waals surface area contributed by atoms with Gasteiger partial charge in [-0.15, -0.1) is 0 Å². The first-order valence-electron chi connectivity index (χ1n) is 8.70. The van der Waals surface area contributed by atoms with Crippen LogP contribution in [0.2, 0.25) is 5.15 Å². The number of hydrogen-bond acceptors (Lipinski definition) is 7. The SMILES string of the molecule is CNc1c(Cl)ncnc1NCc1cccc(OCCN2CCOCC2)c1. The van der Waals surface area contributed by atoms with Crippen LogP contribution in [0.15, 0.2) is 30.6 Å². The molecule has 0 atom stereocenters. The van der Waals surface area contributed by atoms with Crippen molar-refractivity contribution < 1.29 is 9.47 Å². The van der Waals surface area contributed by atoms with Crippen LogP contribution in [0.5, 0.6) is 5.75 Å². The molecule has 0 unspecified atom stereocenters. The molecular weight excluding hydrogens is 354 g/mol. The Morgan fingerprint density at radius 3 is 2.92 bits per heavy atom. The largest absolute Gasteiger partial charge is 0.492 e. The number of rotatable bonds is 8. The average molecular weight is 378 g/mol. The van der Waals surface area contributed by atoms with Crippen molar-refractivity contribution >= 4 is 23.1 Å². The van der Waals surface area contributed by atoms with E-state index in [4.69, 9.17) is 21.1 Å². The normalized spacial score (nSPS) is 14.8. The highest BCUT2D eigenvalue weighted by Crippen LogP contribution is 2.26. The fourth-order valence-corrected chi connectivity index (χ4v) is 3.00. The zero-order chi connectivity index (χ0) is 18.2. The highest BCUT2D eigenvalue weighted by atomic mass is 35.5. The lowest BCUT2D eigenvalue weighted by atomic mass is 10.2. The van der Waals surface area contributed by atoms with Gasteiger partial charge in [0.25, 0.3) is 0 Å². The van der Waals surface area contributed by atoms with Gasteiger partial charge in [0.1, 0.15) is 24.4 Å². The molecular formula is C18H24ClN5O2. The number of benzene rings is 1. The molecule has 26 heavy (non-hydrogen) atoms. The van der Waals surface area contributed by atoms with Crippen LogP contribution in [0.25, 0.3) is 0 Å². The summed E-state index contributed by atoms with van der Waals surface area (Å²) in [5, 5.41) is 6.69. The Morgan fingerprint density at radius 2 is 2.12 bits per heavy atom. The van der Waals surface area contributed by atoms with Crippen molar-refractivity contribution in [3.05, 3.63) is 41.3 Å². The van der Waals surface area contributed by atoms with Crippen molar-refractivity contribution in [2.75, 3.05) is 57.1 Å². The summed E-state index contributed by atoms with van der Waals surface area (Å²) in [6, 6.07) is 8.05. The van der Waals surface area contributed by atoms with Crippen molar-refractivity contribution in [3.63, 3.8) is 0 Å². The molecule has 1 aliphatic rings. The van der Waals surface area contributed by atoms with Crippen LogP contribution in [-0.2, 0) is 11.3 Å². The summed E-state index contributed by atoms with van der Waals surface area (Å²) in [6.45, 7) is 5.76. The minimum absolute atomic E-state index is 0.394. The molecule has 1 aliphatic heterocycles. The standard InChI is InChI=1S/C18H24ClN5O2/c1-20-16-17(19)22-13-23-18(16)21-12-14-3-2-4-15(11-14)26-10-7-24-5-8-25-9-6-24/h2-4,11,13,20H,5-10,12H2,1H3,(H,21,22,23). The van der Waals surface area contributed by atoms with E-state index in [1.807, 2.05) is 24.3 Å². The maximum Gasteiger partial charge on any atom is 0.157 e. The van der Waals surface area contributed by atoms with E-state index in [9.17, 15) is 0 Å². The van der Waals surface area contributed by atoms with E-state index in [0.29, 0.717) is 29.8 Å². The monoisotopic (exact) mass is 377 g/mol. The van der Waals surface area contributed by atoms with E-state index >= 15 is 0 Å². The van der Waals surface area contributed by atoms with Gasteiger partial charge in [0.2, 0.25) is 0 Å². The van der Waals surface area contributed by atoms with Gasteiger partial charge in [-0.2, -0.15) is 0 Å². The van der Waals surface area contributed by atoms with Crippen LogP contribution in [-0.4, -0.2) is 61.4 Å². The Labute approximate surface area is 158 Å². The summed E-state index contributed by atoms with van der Waals surface area (Å²) in [7, 11) is 1.79. The van der Waals surface area contributed by atoms with Gasteiger partial charge in [-0.05, 0) is 17.7 Å². The third kappa shape index (κ3) is 5.20. The van der Waals surface area contributed by atoms with E-state index < -0.39 is 0 Å². The van der Waals surface area contributed by atoms with Crippen molar-refractivity contribution in [1.29, 1.82) is 0 Å². The van der Waals surface area contributed by atoms with Crippen molar-refractivity contribution in [3.8, 4) is 5.75 Å². The molecule has 1 aromatic carbocycles. The molecule has 3 rings (SSSR count). The number of nitrogens with one attached hydrogen (secondary N) is 2. The lowest BCUT2D eigenvalue weighted by Crippen LogP contribution is -2.38. The molecule has 0 saturated carbocycles. The molecule has 0 aliphatic carbocycles. The average Bonchev–Trinajstić information content (AvgIpc) is 2.68. The Balaban J connectivity index is 1.51. The number of halogens is 1. The summed E-state index contributed by atoms with van der Waals surface area (Å²) < 4.78 is 11.3. The van der Waals surface area contributed by atoms with Crippen LogP contribution in [0.1, 0.15) is 5.56 Å². The molecule has 2 aromatic rings. The molecule has 0 amide bonds. The molecule has 140 valence electrons. The van der Waals surface area contributed by atoms with Gasteiger partial charge < -0.3 is 20.1 Å². The maximum absolute atomic E-state index is 6.07. The second kappa shape index (κ2) is 9.56. The topological polar surface area (TPSA) is 71.5 Å². The molecule has 2 heterocycles. The van der Waals surface area contributed by atoms with Gasteiger partial charge >= 0.3 is 0 Å². The molecule has 0 radical (unpaired) electrons. The number of hydrogen-bond donors (Lipinski definition) is 2. The van der Waals surface area contributed by atoms with Crippen molar-refractivity contribution in [2.45, 2.75) is 6.54 Å². The fourth-order valence-electron chi connectivity index (χ4n) is 2.77. The highest BCUT2D eigenvalue weighted by Gasteiger charge is 2.10. The van der Waals surface area contributed by atoms with Crippen LogP contribution in [0, 0.1) is 0 Å². The van der Waals surface area contributed by atoms with E-state index in [-0.39, 0.29) is 0 Å². The predicted molar refractivity (Wildman–Crippen MR) is 103 cm³/mol. The maximum atomic E-state index is 6.07. The Bertz CT molecular complexity index is 710. The number of nitrogens with zero attached hydrogens (tertiary/aromatic N) is 3. The van der Waals surface area contributed by atoms with Gasteiger partial charge in [0.15, 0.2) is 11.0 Å². The van der Waals surface area contributed by atoms with Crippen LogP contribution in [0.4, 0.5) is 11.5 Å². The summed E-state index contributed by atoms with van der Waals surface area (Å²) in [6.07, 6.45) is 1.44. The quantitative estimate of drug-likeness (QED) is 0.685. The van der Waals surface area contributed by atoms with Crippen LogP contribution < -0.4 is 15.4 Å². The van der Waals surface area contributed by atoms with E-state index in [2.05, 4.69) is 25.5 Å². The molecule has 8 heteroatoms. The Hall–Kier alpha value is -2.09. The molecule has 1 fully saturated rings. The summed E-state index contributed by atoms with van der Waals surface area (Å²) >= 11 is 6.07. The first-order chi connectivity index (χ1) is 12.8. The number of ether oxygens (including phenoxy) is 2. The van der Waals surface area contributed by atoms with Gasteiger partial charge in [0, 0.05) is 33.2 Å². The minimum atomic E-state index is 0.394. The zero-order valence-corrected chi connectivity index (χ0v) is 15.6. The van der Waals surface area contributed by atoms with Gasteiger partial charge in [-0.25, -0.2) is 9.97 Å². The third-order valence-corrected chi connectivity index (χ3v) is 4.48. The number of aromatic nitrogens is 2. The summed E-state index contributed by atoms with van der Waals surface area (Å²) in [5.74, 6) is 1.54. The van der Waals surface area contributed by atoms with Crippen LogP contribution >= 0.6 is 11.6 Å². The molecule has 0 spiro atoms. The highest BCUT2D eigenvalue weighted by molar-refractivity contribution is 6.32. The first kappa shape index (κ1) is 18.7. The van der Waals surface area contributed by atoms with E-state index in [1.165, 1.54) is 6.33 Å². The van der Waals surface area contributed by atoms with Crippen molar-refractivity contribution in [2.24, 2.45) is 0 Å². The fraction of sp³-hybridized carbons (Fsp3) is 0.444. The molecule has 1 saturated heterocycles. The molecule has 7 nitrogen and oxygen atoms in total. The first-order valence-corrected chi connectivity index (χ1v) is 9.08. The molecule has 2 N–H and O–H groups in total. The number of anilines is 2. The number of morpholine rings is 1. The zero-order valence-electron chi connectivity index (χ0n) is 14.9. The Kier molecular flexibility index (Phi) is 6.88. The molecule has 0 bridgehead atoms. The Morgan fingerprint density at radius 1 is 1.27 bits per heavy atom. The lowest BCUT2D eigenvalue weighted by Gasteiger charge is -2.26. The minimum Gasteiger partial charge on any atom is -0.492 e. The van der Waals surface area contributed by atoms with Crippen LogP contribution in [0.3, 0.4) is 0 Å².